The highest BCUT2D eigenvalue weighted by molar-refractivity contribution is 6.31. The van der Waals surface area contributed by atoms with E-state index in [1.165, 1.54) is 0 Å². The van der Waals surface area contributed by atoms with E-state index in [2.05, 4.69) is 13.8 Å². The van der Waals surface area contributed by atoms with Gasteiger partial charge in [0.25, 0.3) is 0 Å². The lowest BCUT2D eigenvalue weighted by Gasteiger charge is -2.22. The predicted molar refractivity (Wildman–Crippen MR) is 89.1 cm³/mol. The zero-order valence-corrected chi connectivity index (χ0v) is 13.5. The van der Waals surface area contributed by atoms with Gasteiger partial charge >= 0.3 is 0 Å². The van der Waals surface area contributed by atoms with Crippen molar-refractivity contribution in [2.45, 2.75) is 32.8 Å². The molecule has 2 aromatic carbocycles. The number of benzene rings is 2. The molecule has 0 amide bonds. The van der Waals surface area contributed by atoms with Gasteiger partial charge in [-0.15, -0.1) is 0 Å². The summed E-state index contributed by atoms with van der Waals surface area (Å²) in [4.78, 5) is 0. The zero-order valence-electron chi connectivity index (χ0n) is 12.8. The summed E-state index contributed by atoms with van der Waals surface area (Å²) < 4.78 is 6.19. The second kappa shape index (κ2) is 6.97. The van der Waals surface area contributed by atoms with Crippen LogP contribution in [-0.4, -0.2) is 6.54 Å². The molecule has 2 rings (SSSR count). The maximum atomic E-state index is 6.24. The second-order valence-corrected chi connectivity index (χ2v) is 5.95. The third-order valence-electron chi connectivity index (χ3n) is 3.57. The van der Waals surface area contributed by atoms with Gasteiger partial charge in [0.2, 0.25) is 0 Å². The van der Waals surface area contributed by atoms with Crippen molar-refractivity contribution in [1.29, 1.82) is 0 Å². The Morgan fingerprint density at radius 1 is 1.14 bits per heavy atom. The first kappa shape index (κ1) is 15.9. The molecule has 0 saturated heterocycles. The summed E-state index contributed by atoms with van der Waals surface area (Å²) in [7, 11) is 0. The third-order valence-corrected chi connectivity index (χ3v) is 3.97. The van der Waals surface area contributed by atoms with Crippen molar-refractivity contribution in [3.05, 3.63) is 64.2 Å². The van der Waals surface area contributed by atoms with E-state index >= 15 is 0 Å². The van der Waals surface area contributed by atoms with Crippen molar-refractivity contribution < 1.29 is 4.74 Å². The summed E-state index contributed by atoms with van der Waals surface area (Å²) in [6, 6.07) is 14.1. The molecule has 3 heteroatoms. The predicted octanol–water partition coefficient (Wildman–Crippen LogP) is 4.85. The van der Waals surface area contributed by atoms with Crippen molar-refractivity contribution >= 4 is 11.6 Å². The van der Waals surface area contributed by atoms with Crippen molar-refractivity contribution in [1.82, 2.24) is 0 Å². The van der Waals surface area contributed by atoms with E-state index in [0.717, 1.165) is 27.5 Å². The quantitative estimate of drug-likeness (QED) is 0.857. The van der Waals surface area contributed by atoms with Crippen LogP contribution in [0.4, 0.5) is 0 Å². The Hall–Kier alpha value is -1.51. The van der Waals surface area contributed by atoms with Gasteiger partial charge in [0.05, 0.1) is 0 Å². The van der Waals surface area contributed by atoms with Gasteiger partial charge in [-0.3, -0.25) is 0 Å². The highest BCUT2D eigenvalue weighted by atomic mass is 35.5. The number of ether oxygens (including phenoxy) is 1. The fraction of sp³-hybridized carbons (Fsp3) is 0.333. The molecule has 2 nitrogen and oxygen atoms in total. The molecule has 0 heterocycles. The molecule has 0 fully saturated rings. The van der Waals surface area contributed by atoms with E-state index in [4.69, 9.17) is 22.1 Å². The minimum absolute atomic E-state index is 0.149. The van der Waals surface area contributed by atoms with Gasteiger partial charge in [-0.1, -0.05) is 55.8 Å². The molecular formula is C18H22ClNO. The van der Waals surface area contributed by atoms with E-state index < -0.39 is 0 Å². The zero-order chi connectivity index (χ0) is 15.4. The Balaban J connectivity index is 2.35. The van der Waals surface area contributed by atoms with Gasteiger partial charge in [0.15, 0.2) is 0 Å². The van der Waals surface area contributed by atoms with Crippen molar-refractivity contribution in [3.8, 4) is 5.75 Å². The number of rotatable bonds is 5. The summed E-state index contributed by atoms with van der Waals surface area (Å²) in [6.07, 6.45) is -0.149. The van der Waals surface area contributed by atoms with E-state index in [0.29, 0.717) is 12.5 Å². The highest BCUT2D eigenvalue weighted by Crippen LogP contribution is 2.34. The van der Waals surface area contributed by atoms with Crippen LogP contribution in [0.25, 0.3) is 0 Å². The molecule has 0 aliphatic rings. The molecule has 0 aliphatic carbocycles. The van der Waals surface area contributed by atoms with E-state index in [1.807, 2.05) is 49.4 Å². The second-order valence-electron chi connectivity index (χ2n) is 5.55. The molecule has 1 atom stereocenters. The Labute approximate surface area is 131 Å². The third kappa shape index (κ3) is 3.78. The fourth-order valence-corrected chi connectivity index (χ4v) is 2.47. The molecule has 0 aromatic heterocycles. The Kier molecular flexibility index (Phi) is 5.27. The highest BCUT2D eigenvalue weighted by Gasteiger charge is 2.16. The van der Waals surface area contributed by atoms with Crippen LogP contribution < -0.4 is 10.5 Å². The molecule has 1 unspecified atom stereocenters. The van der Waals surface area contributed by atoms with Crippen LogP contribution in [0.2, 0.25) is 5.02 Å². The maximum Gasteiger partial charge on any atom is 0.136 e. The van der Waals surface area contributed by atoms with Crippen LogP contribution in [0, 0.1) is 6.92 Å². The first-order valence-electron chi connectivity index (χ1n) is 7.24. The number of aryl methyl sites for hydroxylation is 1. The first-order valence-corrected chi connectivity index (χ1v) is 7.62. The summed E-state index contributed by atoms with van der Waals surface area (Å²) in [6.45, 7) is 6.68. The molecule has 0 radical (unpaired) electrons. The number of hydrogen-bond acceptors (Lipinski definition) is 2. The van der Waals surface area contributed by atoms with Crippen LogP contribution in [0.5, 0.6) is 5.75 Å². The summed E-state index contributed by atoms with van der Waals surface area (Å²) in [5.41, 5.74) is 9.11. The minimum Gasteiger partial charge on any atom is -0.484 e. The molecule has 0 aliphatic heterocycles. The van der Waals surface area contributed by atoms with Crippen LogP contribution in [0.1, 0.15) is 42.6 Å². The molecule has 0 saturated carbocycles. The van der Waals surface area contributed by atoms with Crippen LogP contribution in [-0.2, 0) is 0 Å². The number of hydrogen-bond donors (Lipinski definition) is 1. The van der Waals surface area contributed by atoms with Gasteiger partial charge in [-0.25, -0.2) is 0 Å². The van der Waals surface area contributed by atoms with Gasteiger partial charge in [0, 0.05) is 11.6 Å². The Bertz CT molecular complexity index is 596. The van der Waals surface area contributed by atoms with Crippen LogP contribution in [0.3, 0.4) is 0 Å². The van der Waals surface area contributed by atoms with Gasteiger partial charge < -0.3 is 10.5 Å². The first-order chi connectivity index (χ1) is 10.0. The normalized spacial score (nSPS) is 12.5. The lowest BCUT2D eigenvalue weighted by Crippen LogP contribution is -2.19. The van der Waals surface area contributed by atoms with Crippen molar-refractivity contribution in [2.75, 3.05) is 6.54 Å². The molecule has 2 N–H and O–H groups in total. The van der Waals surface area contributed by atoms with E-state index in [-0.39, 0.29) is 6.10 Å². The summed E-state index contributed by atoms with van der Waals surface area (Å²) in [5.74, 6) is 1.21. The average molecular weight is 304 g/mol. The minimum atomic E-state index is -0.149. The molecule has 21 heavy (non-hydrogen) atoms. The van der Waals surface area contributed by atoms with Gasteiger partial charge in [-0.2, -0.15) is 0 Å². The number of nitrogens with two attached hydrogens (primary N) is 1. The van der Waals surface area contributed by atoms with Crippen molar-refractivity contribution in [3.63, 3.8) is 0 Å². The Morgan fingerprint density at radius 2 is 1.81 bits per heavy atom. The smallest absolute Gasteiger partial charge is 0.136 e. The fourth-order valence-electron chi connectivity index (χ4n) is 2.30. The maximum absolute atomic E-state index is 6.24. The average Bonchev–Trinajstić information content (AvgIpc) is 2.48. The van der Waals surface area contributed by atoms with E-state index in [9.17, 15) is 0 Å². The molecule has 2 aromatic rings. The number of halogens is 1. The molecular weight excluding hydrogens is 282 g/mol. The lowest BCUT2D eigenvalue weighted by molar-refractivity contribution is 0.211. The topological polar surface area (TPSA) is 35.2 Å². The SMILES string of the molecule is Cc1cc(OC(CN)c2ccccc2)c(C(C)C)cc1Cl. The summed E-state index contributed by atoms with van der Waals surface area (Å²) in [5, 5.41) is 0.773. The summed E-state index contributed by atoms with van der Waals surface area (Å²) >= 11 is 6.24. The van der Waals surface area contributed by atoms with Gasteiger partial charge in [-0.05, 0) is 41.7 Å². The van der Waals surface area contributed by atoms with E-state index in [1.54, 1.807) is 0 Å². The monoisotopic (exact) mass is 303 g/mol. The largest absolute Gasteiger partial charge is 0.484 e. The Morgan fingerprint density at radius 3 is 2.38 bits per heavy atom. The van der Waals surface area contributed by atoms with Crippen LogP contribution >= 0.6 is 11.6 Å². The standard InChI is InChI=1S/C18H22ClNO/c1-12(2)15-10-16(19)13(3)9-17(15)21-18(11-20)14-7-5-4-6-8-14/h4-10,12,18H,11,20H2,1-3H3. The molecule has 0 bridgehead atoms. The molecule has 112 valence electrons. The van der Waals surface area contributed by atoms with Crippen LogP contribution in [0.15, 0.2) is 42.5 Å². The van der Waals surface area contributed by atoms with Gasteiger partial charge in [0.1, 0.15) is 11.9 Å². The lowest BCUT2D eigenvalue weighted by atomic mass is 10.00. The van der Waals surface area contributed by atoms with Crippen molar-refractivity contribution in [2.24, 2.45) is 5.73 Å². The molecule has 0 spiro atoms.